The Morgan fingerprint density at radius 2 is 0.732 bits per heavy atom. The second-order valence-corrected chi connectivity index (χ2v) is 31.2. The molecule has 14 rings (SSSR count). The van der Waals surface area contributed by atoms with Crippen LogP contribution < -0.4 is 56.0 Å². The number of halogens is 13. The molecule has 41 heteroatoms. The third kappa shape index (κ3) is 27.2. The molecule has 5 heterocycles. The van der Waals surface area contributed by atoms with E-state index in [0.29, 0.717) is 92.0 Å². The minimum Gasteiger partial charge on any atom is -0.497 e. The third-order valence-electron chi connectivity index (χ3n) is 18.2. The fourth-order valence-corrected chi connectivity index (χ4v) is 13.5. The maximum atomic E-state index is 13.1. The van der Waals surface area contributed by atoms with Crippen LogP contribution in [-0.2, 0) is 22.4 Å². The number of rotatable bonds is 28. The molecule has 0 aliphatic heterocycles. The first-order chi connectivity index (χ1) is 60.0. The van der Waals surface area contributed by atoms with Crippen LogP contribution in [0.3, 0.4) is 0 Å². The highest BCUT2D eigenvalue weighted by atomic mass is 79.9. The molecule has 0 bridgehead atoms. The maximum absolute atomic E-state index is 13.1. The number of ether oxygens (including phenoxy) is 5. The van der Waals surface area contributed by atoms with Gasteiger partial charge in [-0.25, -0.2) is 19.9 Å². The number of methoxy groups -OCH3 is 1. The molecule has 0 aliphatic carbocycles. The molecule has 0 fully saturated rings. The van der Waals surface area contributed by atoms with E-state index in [2.05, 4.69) is 110 Å². The standard InChI is InChI=1S/C27H26ClF2N3O3.C20H17ClF2N6O2.C18H15BrClF2N3O2.C18H17ClF2N4O2.C3H5NO2/c1-17(2)33-16-31-24-15-20(26(34)32-21-8-12-23(13-9-21)36-27(28,29)30)14-19(25(24)33)7-4-18-5-10-22(35-3)11-6-18;1-12(2)29-9-24-16-7-13(8-17(18(16)29)28-10-25-26-11-28)19(30)27-14-3-5-15(6-4-14)31-20(21,22)23;1-10(2)25-9-23-15-8-11(7-14(19)16(15)25)17(26)24-12-3-5-13(6-4-12)27-18(20,21)22;1-10(2)25-9-23-15-8-11(7-14(22)16(15)25)17(26)24-12-3-5-13(6-4-12)27-18(19,20)21;5-2-1-4-3-6/h5-6,8-17H,4,7H2,1-3H3,(H,32,34);3-12H,1-2H3,(H,27,30);3-10H,1-2H3,(H,24,26);3-10H,22H2,1-2H3,(H,24,26);2-3H,1H2,(H,4,6). The van der Waals surface area contributed by atoms with E-state index >= 15 is 0 Å². The number of nitrogen functional groups attached to an aromatic ring is 1. The van der Waals surface area contributed by atoms with Gasteiger partial charge in [0.05, 0.1) is 94.5 Å². The Balaban J connectivity index is 0.000000174. The highest BCUT2D eigenvalue weighted by Crippen LogP contribution is 2.36. The summed E-state index contributed by atoms with van der Waals surface area (Å²) < 4.78 is 134. The number of nitrogens with one attached hydrogen (secondary N) is 5. The van der Waals surface area contributed by atoms with E-state index in [1.807, 2.05) is 85.6 Å². The fourth-order valence-electron chi connectivity index (χ4n) is 12.5. The fraction of sp³-hybridized carbons (Fsp3) is 0.233. The average Bonchev–Trinajstić information content (AvgIpc) is 1.65. The molecular weight excluding hydrogens is 1820 g/mol. The van der Waals surface area contributed by atoms with Crippen LogP contribution in [-0.4, -0.2) is 125 Å². The molecule has 0 atom stereocenters. The first kappa shape index (κ1) is 96.1. The number of amides is 5. The van der Waals surface area contributed by atoms with Crippen LogP contribution >= 0.6 is 62.3 Å². The maximum Gasteiger partial charge on any atom is 0.487 e. The summed E-state index contributed by atoms with van der Waals surface area (Å²) >= 11 is 22.5. The van der Waals surface area contributed by atoms with Crippen LogP contribution in [0.1, 0.15) is 132 Å². The van der Waals surface area contributed by atoms with Crippen molar-refractivity contribution in [2.24, 2.45) is 0 Å². The van der Waals surface area contributed by atoms with Crippen molar-refractivity contribution >= 4 is 171 Å². The number of alkyl halides is 12. The zero-order chi connectivity index (χ0) is 92.4. The molecule has 127 heavy (non-hydrogen) atoms. The first-order valence-corrected chi connectivity index (χ1v) is 40.5. The van der Waals surface area contributed by atoms with Crippen molar-refractivity contribution in [1.29, 1.82) is 0 Å². The van der Waals surface area contributed by atoms with Crippen molar-refractivity contribution in [3.05, 3.63) is 246 Å². The molecule has 0 spiro atoms. The number of anilines is 5. The van der Waals surface area contributed by atoms with Gasteiger partial charge in [0.25, 0.3) is 23.6 Å². The molecule has 0 unspecified atom stereocenters. The quantitative estimate of drug-likeness (QED) is 0.00872. The van der Waals surface area contributed by atoms with Crippen LogP contribution in [0, 0.1) is 0 Å². The van der Waals surface area contributed by atoms with Crippen LogP contribution in [0.5, 0.6) is 28.7 Å². The largest absolute Gasteiger partial charge is 0.497 e. The lowest BCUT2D eigenvalue weighted by Crippen LogP contribution is -2.16. The number of carbonyl (C=O) groups excluding carboxylic acids is 6. The molecule has 9 aromatic carbocycles. The Kier molecular flexibility index (Phi) is 32.0. The number of aryl methyl sites for hydroxylation is 2. The number of imidazole rings is 4. The second kappa shape index (κ2) is 42.3. The summed E-state index contributed by atoms with van der Waals surface area (Å²) in [6.07, 6.45) is 12.6. The van der Waals surface area contributed by atoms with E-state index in [-0.39, 0.29) is 65.5 Å². The van der Waals surface area contributed by atoms with Gasteiger partial charge in [-0.3, -0.25) is 28.5 Å². The van der Waals surface area contributed by atoms with Crippen molar-refractivity contribution in [1.82, 2.24) is 58.3 Å². The van der Waals surface area contributed by atoms with Crippen molar-refractivity contribution < 1.29 is 87.6 Å². The minimum absolute atomic E-state index is 0.114. The molecule has 0 aliphatic rings. The number of fused-ring (bicyclic) bond motifs is 4. The lowest BCUT2D eigenvalue weighted by molar-refractivity contribution is -0.113. The van der Waals surface area contributed by atoms with Gasteiger partial charge in [-0.15, -0.1) is 45.3 Å². The molecule has 0 saturated carbocycles. The smallest absolute Gasteiger partial charge is 0.487 e. The van der Waals surface area contributed by atoms with Crippen molar-refractivity contribution in [3.63, 3.8) is 0 Å². The van der Waals surface area contributed by atoms with E-state index < -0.39 is 34.1 Å². The average molecular weight is 1900 g/mol. The van der Waals surface area contributed by atoms with Crippen molar-refractivity contribution in [2.45, 2.75) is 115 Å². The highest BCUT2D eigenvalue weighted by molar-refractivity contribution is 9.10. The van der Waals surface area contributed by atoms with Crippen LogP contribution in [0.4, 0.5) is 63.6 Å². The summed E-state index contributed by atoms with van der Waals surface area (Å²) in [6, 6.07) is 44.1. The number of carbonyl (C=O) groups is 6. The molecule has 5 aromatic heterocycles. The van der Waals surface area contributed by atoms with Crippen molar-refractivity contribution in [3.8, 4) is 34.4 Å². The summed E-state index contributed by atoms with van der Waals surface area (Å²) in [5.74, 6) is -1.18. The summed E-state index contributed by atoms with van der Waals surface area (Å²) in [5, 5.41) is 20.7. The number of benzene rings is 9. The highest BCUT2D eigenvalue weighted by Gasteiger charge is 2.31. The molecule has 666 valence electrons. The van der Waals surface area contributed by atoms with E-state index in [0.717, 1.165) is 55.4 Å². The Hall–Kier alpha value is -13.1. The van der Waals surface area contributed by atoms with E-state index in [1.165, 1.54) is 97.1 Å². The Labute approximate surface area is 748 Å². The number of hydrogen-bond acceptors (Lipinski definition) is 18. The number of nitrogens with two attached hydrogens (primary N) is 1. The number of aromatic nitrogens is 11. The molecular formula is C86H80BrCl4F8N17O11. The van der Waals surface area contributed by atoms with Gasteiger partial charge in [0.1, 0.15) is 47.7 Å². The first-order valence-electron chi connectivity index (χ1n) is 38.2. The normalized spacial score (nSPS) is 11.5. The number of aldehydes is 1. The Bertz CT molecular complexity index is 5980. The molecule has 5 amide bonds. The van der Waals surface area contributed by atoms with Crippen molar-refractivity contribution in [2.75, 3.05) is 40.7 Å². The predicted molar refractivity (Wildman–Crippen MR) is 471 cm³/mol. The minimum atomic E-state index is -3.81. The van der Waals surface area contributed by atoms with Crippen LogP contribution in [0.15, 0.2) is 212 Å². The zero-order valence-corrected chi connectivity index (χ0v) is 73.2. The molecule has 0 saturated heterocycles. The topological polar surface area (TPSA) is 337 Å². The van der Waals surface area contributed by atoms with E-state index in [1.54, 1.807) is 92.1 Å². The van der Waals surface area contributed by atoms with Crippen LogP contribution in [0.2, 0.25) is 0 Å². The number of hydrogen-bond donors (Lipinski definition) is 6. The SMILES string of the molecule is CC(C)n1cnc2cc(C(=O)Nc3ccc(OC(F)(F)Cl)cc3)cc(-n3cnnc3)c21.CC(C)n1cnc2cc(C(=O)Nc3ccc(OC(F)(F)Cl)cc3)cc(Br)c21.CC(C)n1cnc2cc(C(=O)Nc3ccc(OC(F)(F)Cl)cc3)cc(N)c21.COc1ccc(CCc2cc(C(=O)Nc3ccc(OC(F)(F)Cl)cc3)cc3ncn(C(C)C)c23)cc1.O=CCNC=O. The molecule has 28 nitrogen and oxygen atoms in total. The van der Waals surface area contributed by atoms with Gasteiger partial charge in [0.2, 0.25) is 6.41 Å². The van der Waals surface area contributed by atoms with Gasteiger partial charge in [-0.2, -0.15) is 0 Å². The Morgan fingerprint density at radius 1 is 0.417 bits per heavy atom. The predicted octanol–water partition coefficient (Wildman–Crippen LogP) is 20.8. The van der Waals surface area contributed by atoms with Gasteiger partial charge in [-0.1, -0.05) is 12.1 Å². The van der Waals surface area contributed by atoms with Gasteiger partial charge < -0.3 is 79.1 Å². The number of nitrogens with zero attached hydrogens (tertiary/aromatic N) is 11. The molecule has 7 N–H and O–H groups in total. The monoisotopic (exact) mass is 1900 g/mol. The van der Waals surface area contributed by atoms with Gasteiger partial charge in [0.15, 0.2) is 0 Å². The zero-order valence-electron chi connectivity index (χ0n) is 68.6. The third-order valence-corrected chi connectivity index (χ3v) is 19.1. The molecule has 14 aromatic rings. The van der Waals surface area contributed by atoms with Gasteiger partial charge >= 0.3 is 22.3 Å². The second-order valence-electron chi connectivity index (χ2n) is 28.6. The van der Waals surface area contributed by atoms with E-state index in [4.69, 9.17) is 56.9 Å². The summed E-state index contributed by atoms with van der Waals surface area (Å²) in [7, 11) is 1.63. The van der Waals surface area contributed by atoms with Gasteiger partial charge in [0, 0.05) is 120 Å². The molecule has 0 radical (unpaired) electrons. The summed E-state index contributed by atoms with van der Waals surface area (Å²) in [4.78, 5) is 87.2. The van der Waals surface area contributed by atoms with Crippen LogP contribution in [0.25, 0.3) is 49.8 Å². The van der Waals surface area contributed by atoms with E-state index in [9.17, 15) is 63.9 Å². The lowest BCUT2D eigenvalue weighted by atomic mass is 10.00. The Morgan fingerprint density at radius 3 is 1.08 bits per heavy atom. The summed E-state index contributed by atoms with van der Waals surface area (Å²) in [6.45, 7) is 16.5. The van der Waals surface area contributed by atoms with Gasteiger partial charge in [-0.05, 0) is 253 Å². The lowest BCUT2D eigenvalue weighted by Gasteiger charge is -2.14. The summed E-state index contributed by atoms with van der Waals surface area (Å²) in [5.41, 5.74) is 3.62.